The third kappa shape index (κ3) is 3.37. The van der Waals surface area contributed by atoms with Crippen molar-refractivity contribution in [2.24, 2.45) is 5.73 Å². The summed E-state index contributed by atoms with van der Waals surface area (Å²) in [7, 11) is -3.56. The predicted molar refractivity (Wildman–Crippen MR) is 72.6 cm³/mol. The van der Waals surface area contributed by atoms with Crippen LogP contribution in [0.25, 0.3) is 0 Å². The molecule has 0 atom stereocenters. The summed E-state index contributed by atoms with van der Waals surface area (Å²) in [6.07, 6.45) is 3.26. The number of sulfonamides is 1. The molecule has 0 amide bonds. The predicted octanol–water partition coefficient (Wildman–Crippen LogP) is 1.02. The lowest BCUT2D eigenvalue weighted by Gasteiger charge is -2.10. The third-order valence-electron chi connectivity index (χ3n) is 2.67. The van der Waals surface area contributed by atoms with Gasteiger partial charge < -0.3 is 5.73 Å². The Kier molecular flexibility index (Phi) is 4.26. The summed E-state index contributed by atoms with van der Waals surface area (Å²) in [5.74, 6) is 0. The highest BCUT2D eigenvalue weighted by atomic mass is 32.2. The summed E-state index contributed by atoms with van der Waals surface area (Å²) in [5.41, 5.74) is 6.95. The molecule has 2 rings (SSSR count). The van der Waals surface area contributed by atoms with Gasteiger partial charge in [0, 0.05) is 25.5 Å². The maximum Gasteiger partial charge on any atom is 0.241 e. The van der Waals surface area contributed by atoms with E-state index in [1.54, 1.807) is 42.7 Å². The van der Waals surface area contributed by atoms with Gasteiger partial charge >= 0.3 is 0 Å². The van der Waals surface area contributed by atoms with Gasteiger partial charge in [-0.05, 0) is 23.3 Å². The molecule has 100 valence electrons. The summed E-state index contributed by atoms with van der Waals surface area (Å²) in [5, 5.41) is 0. The van der Waals surface area contributed by atoms with Crippen LogP contribution in [0.4, 0.5) is 0 Å². The molecular weight excluding hydrogens is 262 g/mol. The normalized spacial score (nSPS) is 11.4. The Morgan fingerprint density at radius 1 is 1.16 bits per heavy atom. The molecule has 2 aromatic rings. The summed E-state index contributed by atoms with van der Waals surface area (Å²) < 4.78 is 26.9. The molecule has 0 saturated heterocycles. The molecule has 1 aromatic heterocycles. The van der Waals surface area contributed by atoms with E-state index in [4.69, 9.17) is 5.73 Å². The highest BCUT2D eigenvalue weighted by molar-refractivity contribution is 7.89. The molecule has 0 bridgehead atoms. The smallest absolute Gasteiger partial charge is 0.241 e. The molecule has 0 aliphatic carbocycles. The second kappa shape index (κ2) is 5.92. The summed E-state index contributed by atoms with van der Waals surface area (Å²) in [6, 6.07) is 10.3. The largest absolute Gasteiger partial charge is 0.326 e. The Balaban J connectivity index is 2.19. The first-order chi connectivity index (χ1) is 9.13. The monoisotopic (exact) mass is 277 g/mol. The van der Waals surface area contributed by atoms with Crippen molar-refractivity contribution in [1.29, 1.82) is 0 Å². The quantitative estimate of drug-likeness (QED) is 0.854. The van der Waals surface area contributed by atoms with Crippen molar-refractivity contribution in [2.45, 2.75) is 18.0 Å². The summed E-state index contributed by atoms with van der Waals surface area (Å²) >= 11 is 0. The van der Waals surface area contributed by atoms with Crippen molar-refractivity contribution >= 4 is 10.0 Å². The molecule has 6 heteroatoms. The van der Waals surface area contributed by atoms with Gasteiger partial charge in [-0.3, -0.25) is 4.98 Å². The van der Waals surface area contributed by atoms with Gasteiger partial charge in [-0.2, -0.15) is 0 Å². The lowest BCUT2D eigenvalue weighted by atomic mass is 10.2. The van der Waals surface area contributed by atoms with E-state index in [2.05, 4.69) is 9.71 Å². The van der Waals surface area contributed by atoms with Gasteiger partial charge in [0.25, 0.3) is 0 Å². The Labute approximate surface area is 112 Å². The number of pyridine rings is 1. The van der Waals surface area contributed by atoms with Crippen LogP contribution in [0.5, 0.6) is 0 Å². The molecule has 0 aliphatic rings. The molecule has 0 unspecified atom stereocenters. The zero-order chi connectivity index (χ0) is 13.7. The average Bonchev–Trinajstić information content (AvgIpc) is 2.46. The topological polar surface area (TPSA) is 85.1 Å². The Morgan fingerprint density at radius 3 is 2.63 bits per heavy atom. The molecule has 0 fully saturated rings. The second-order valence-corrected chi connectivity index (χ2v) is 5.73. The Morgan fingerprint density at radius 2 is 1.95 bits per heavy atom. The van der Waals surface area contributed by atoms with Crippen molar-refractivity contribution in [1.82, 2.24) is 9.71 Å². The van der Waals surface area contributed by atoms with Crippen LogP contribution in [0.1, 0.15) is 11.1 Å². The molecule has 0 saturated carbocycles. The minimum absolute atomic E-state index is 0.184. The first kappa shape index (κ1) is 13.7. The van der Waals surface area contributed by atoms with E-state index < -0.39 is 10.0 Å². The van der Waals surface area contributed by atoms with Crippen molar-refractivity contribution in [3.8, 4) is 0 Å². The van der Waals surface area contributed by atoms with Crippen LogP contribution in [0, 0.1) is 0 Å². The lowest BCUT2D eigenvalue weighted by molar-refractivity contribution is 0.580. The number of rotatable bonds is 5. The number of aromatic nitrogens is 1. The van der Waals surface area contributed by atoms with Crippen LogP contribution in [0.3, 0.4) is 0 Å². The Hall–Kier alpha value is -1.76. The first-order valence-corrected chi connectivity index (χ1v) is 7.28. The fourth-order valence-corrected chi connectivity index (χ4v) is 2.96. The number of nitrogens with two attached hydrogens (primary N) is 1. The molecule has 1 heterocycles. The molecule has 5 nitrogen and oxygen atoms in total. The minimum Gasteiger partial charge on any atom is -0.326 e. The van der Waals surface area contributed by atoms with Crippen LogP contribution < -0.4 is 10.5 Å². The van der Waals surface area contributed by atoms with Gasteiger partial charge in [-0.1, -0.05) is 24.3 Å². The zero-order valence-electron chi connectivity index (χ0n) is 10.3. The fraction of sp³-hybridized carbons (Fsp3) is 0.154. The van der Waals surface area contributed by atoms with E-state index in [0.717, 1.165) is 5.56 Å². The van der Waals surface area contributed by atoms with Crippen molar-refractivity contribution in [3.05, 3.63) is 59.9 Å². The van der Waals surface area contributed by atoms with E-state index in [1.165, 1.54) is 0 Å². The minimum atomic E-state index is -3.56. The molecular formula is C13H15N3O2S. The number of nitrogens with zero attached hydrogens (tertiary/aromatic N) is 1. The van der Waals surface area contributed by atoms with Crippen molar-refractivity contribution in [2.75, 3.05) is 0 Å². The highest BCUT2D eigenvalue weighted by Gasteiger charge is 2.16. The SMILES string of the molecule is NCc1ccccc1S(=O)(=O)NCc1cccnc1. The summed E-state index contributed by atoms with van der Waals surface area (Å²) in [6.45, 7) is 0.388. The van der Waals surface area contributed by atoms with Crippen LogP contribution in [0.15, 0.2) is 53.7 Å². The fourth-order valence-electron chi connectivity index (χ4n) is 1.69. The van der Waals surface area contributed by atoms with Crippen LogP contribution >= 0.6 is 0 Å². The van der Waals surface area contributed by atoms with Gasteiger partial charge in [-0.25, -0.2) is 13.1 Å². The maximum atomic E-state index is 12.2. The Bertz CT molecular complexity index is 642. The van der Waals surface area contributed by atoms with E-state index in [9.17, 15) is 8.42 Å². The number of benzene rings is 1. The number of hydrogen-bond donors (Lipinski definition) is 2. The van der Waals surface area contributed by atoms with E-state index in [-0.39, 0.29) is 18.0 Å². The van der Waals surface area contributed by atoms with Crippen LogP contribution in [0.2, 0.25) is 0 Å². The van der Waals surface area contributed by atoms with Crippen LogP contribution in [-0.2, 0) is 23.1 Å². The lowest BCUT2D eigenvalue weighted by Crippen LogP contribution is -2.24. The van der Waals surface area contributed by atoms with E-state index in [0.29, 0.717) is 5.56 Å². The molecule has 1 aromatic carbocycles. The van der Waals surface area contributed by atoms with Gasteiger partial charge in [0.1, 0.15) is 0 Å². The highest BCUT2D eigenvalue weighted by Crippen LogP contribution is 2.14. The average molecular weight is 277 g/mol. The van der Waals surface area contributed by atoms with Crippen molar-refractivity contribution < 1.29 is 8.42 Å². The van der Waals surface area contributed by atoms with Crippen molar-refractivity contribution in [3.63, 3.8) is 0 Å². The molecule has 0 spiro atoms. The molecule has 19 heavy (non-hydrogen) atoms. The molecule has 3 N–H and O–H groups in total. The molecule has 0 aliphatic heterocycles. The second-order valence-electron chi connectivity index (χ2n) is 4.00. The number of nitrogens with one attached hydrogen (secondary N) is 1. The van der Waals surface area contributed by atoms with E-state index in [1.807, 2.05) is 6.07 Å². The van der Waals surface area contributed by atoms with E-state index >= 15 is 0 Å². The zero-order valence-corrected chi connectivity index (χ0v) is 11.1. The van der Waals surface area contributed by atoms with Gasteiger partial charge in [0.05, 0.1) is 4.90 Å². The van der Waals surface area contributed by atoms with Gasteiger partial charge in [0.2, 0.25) is 10.0 Å². The van der Waals surface area contributed by atoms with Gasteiger partial charge in [-0.15, -0.1) is 0 Å². The number of hydrogen-bond acceptors (Lipinski definition) is 4. The summed E-state index contributed by atoms with van der Waals surface area (Å²) in [4.78, 5) is 4.16. The third-order valence-corrected chi connectivity index (χ3v) is 4.17. The standard InChI is InChI=1S/C13H15N3O2S/c14-8-12-5-1-2-6-13(12)19(17,18)16-10-11-4-3-7-15-9-11/h1-7,9,16H,8,10,14H2. The molecule has 0 radical (unpaired) electrons. The van der Waals surface area contributed by atoms with Crippen LogP contribution in [-0.4, -0.2) is 13.4 Å². The van der Waals surface area contributed by atoms with Gasteiger partial charge in [0.15, 0.2) is 0 Å². The maximum absolute atomic E-state index is 12.2. The first-order valence-electron chi connectivity index (χ1n) is 5.80.